The Morgan fingerprint density at radius 2 is 1.33 bits per heavy atom. The maximum Gasteiger partial charge on any atom is 0.303 e. The average molecular weight is 451 g/mol. The molecule has 0 radical (unpaired) electrons. The fraction of sp³-hybridized carbons (Fsp3) is 0.632. The SMILES string of the molecule is O=C(O)CCCCCN(CO)S(=O)(=O)c1ccccc1.OCCN(CCO)CCO. The van der Waals surface area contributed by atoms with Gasteiger partial charge in [-0.15, -0.1) is 0 Å². The molecule has 0 saturated carbocycles. The van der Waals surface area contributed by atoms with Gasteiger partial charge in [0.05, 0.1) is 24.7 Å². The zero-order valence-electron chi connectivity index (χ0n) is 17.1. The first kappa shape index (κ1) is 28.4. The number of sulfonamides is 1. The second-order valence-corrected chi connectivity index (χ2v) is 8.29. The number of carboxylic acid groups (broad SMARTS) is 1. The molecule has 30 heavy (non-hydrogen) atoms. The first-order valence-corrected chi connectivity index (χ1v) is 11.2. The summed E-state index contributed by atoms with van der Waals surface area (Å²) in [5.74, 6) is -0.860. The van der Waals surface area contributed by atoms with Crippen molar-refractivity contribution in [2.24, 2.45) is 0 Å². The largest absolute Gasteiger partial charge is 0.481 e. The highest BCUT2D eigenvalue weighted by molar-refractivity contribution is 7.89. The number of aliphatic hydroxyl groups is 4. The lowest BCUT2D eigenvalue weighted by molar-refractivity contribution is -0.137. The molecular formula is C19H34N2O8S. The van der Waals surface area contributed by atoms with E-state index in [4.69, 9.17) is 20.4 Å². The lowest BCUT2D eigenvalue weighted by atomic mass is 10.2. The smallest absolute Gasteiger partial charge is 0.303 e. The van der Waals surface area contributed by atoms with Crippen LogP contribution >= 0.6 is 0 Å². The summed E-state index contributed by atoms with van der Waals surface area (Å²) in [7, 11) is -3.69. The van der Waals surface area contributed by atoms with Gasteiger partial charge in [-0.3, -0.25) is 9.69 Å². The lowest BCUT2D eigenvalue weighted by Crippen LogP contribution is -2.32. The van der Waals surface area contributed by atoms with Crippen LogP contribution in [0, 0.1) is 0 Å². The Bertz CT molecular complexity index is 643. The molecule has 1 aromatic carbocycles. The Balaban J connectivity index is 0.000000710. The Morgan fingerprint density at radius 3 is 1.77 bits per heavy atom. The van der Waals surface area contributed by atoms with E-state index in [0.717, 1.165) is 4.31 Å². The number of rotatable bonds is 15. The van der Waals surface area contributed by atoms with Crippen molar-refractivity contribution in [3.8, 4) is 0 Å². The van der Waals surface area contributed by atoms with Crippen LogP contribution in [0.4, 0.5) is 0 Å². The minimum Gasteiger partial charge on any atom is -0.481 e. The molecule has 5 N–H and O–H groups in total. The number of unbranched alkanes of at least 4 members (excludes halogenated alkanes) is 2. The van der Waals surface area contributed by atoms with Crippen LogP contribution in [0.25, 0.3) is 0 Å². The predicted octanol–water partition coefficient (Wildman–Crippen LogP) is -0.463. The molecule has 0 spiro atoms. The van der Waals surface area contributed by atoms with Crippen molar-refractivity contribution in [1.29, 1.82) is 0 Å². The maximum absolute atomic E-state index is 12.2. The van der Waals surface area contributed by atoms with Gasteiger partial charge in [0.15, 0.2) is 0 Å². The number of carboxylic acids is 1. The predicted molar refractivity (Wildman–Crippen MR) is 111 cm³/mol. The van der Waals surface area contributed by atoms with Crippen LogP contribution in [0.3, 0.4) is 0 Å². The molecule has 0 fully saturated rings. The second kappa shape index (κ2) is 17.1. The zero-order chi connectivity index (χ0) is 22.8. The third-order valence-corrected chi connectivity index (χ3v) is 5.93. The molecule has 0 unspecified atom stereocenters. The first-order valence-electron chi connectivity index (χ1n) is 9.76. The van der Waals surface area contributed by atoms with Gasteiger partial charge in [0.25, 0.3) is 0 Å². The second-order valence-electron chi connectivity index (χ2n) is 6.35. The fourth-order valence-corrected chi connectivity index (χ4v) is 3.83. The van der Waals surface area contributed by atoms with Crippen molar-refractivity contribution in [3.05, 3.63) is 30.3 Å². The average Bonchev–Trinajstić information content (AvgIpc) is 2.72. The molecule has 0 heterocycles. The minimum absolute atomic E-state index is 0.0694. The van der Waals surface area contributed by atoms with E-state index < -0.39 is 22.7 Å². The summed E-state index contributed by atoms with van der Waals surface area (Å²) >= 11 is 0. The molecule has 0 aliphatic rings. The van der Waals surface area contributed by atoms with E-state index in [9.17, 15) is 18.3 Å². The van der Waals surface area contributed by atoms with Gasteiger partial charge >= 0.3 is 5.97 Å². The molecule has 11 heteroatoms. The van der Waals surface area contributed by atoms with E-state index >= 15 is 0 Å². The summed E-state index contributed by atoms with van der Waals surface area (Å²) in [6, 6.07) is 7.91. The van der Waals surface area contributed by atoms with E-state index in [1.54, 1.807) is 23.1 Å². The molecule has 1 rings (SSSR count). The summed E-state index contributed by atoms with van der Waals surface area (Å²) in [6.45, 7) is 1.34. The monoisotopic (exact) mass is 450 g/mol. The standard InChI is InChI=1S/C13H19NO5S.C6H15NO3/c15-11-14(10-6-2-5-9-13(16)17)20(18,19)12-7-3-1-4-8-12;8-4-1-7(2-5-9)3-6-10/h1,3-4,7-8,15H,2,5-6,9-11H2,(H,16,17);8-10H,1-6H2. The van der Waals surface area contributed by atoms with Crippen LogP contribution in [0.5, 0.6) is 0 Å². The number of carbonyl (C=O) groups is 1. The lowest BCUT2D eigenvalue weighted by Gasteiger charge is -2.19. The molecule has 0 atom stereocenters. The molecule has 0 bridgehead atoms. The highest BCUT2D eigenvalue weighted by Crippen LogP contribution is 2.15. The number of benzene rings is 1. The molecule has 1 aromatic rings. The highest BCUT2D eigenvalue weighted by Gasteiger charge is 2.22. The van der Waals surface area contributed by atoms with Crippen LogP contribution in [0.1, 0.15) is 25.7 Å². The molecule has 174 valence electrons. The van der Waals surface area contributed by atoms with Gasteiger partial charge < -0.3 is 25.5 Å². The normalized spacial score (nSPS) is 11.4. The van der Waals surface area contributed by atoms with Gasteiger partial charge in [-0.25, -0.2) is 8.42 Å². The quantitative estimate of drug-likeness (QED) is 0.176. The summed E-state index contributed by atoms with van der Waals surface area (Å²) in [5.41, 5.74) is 0. The summed E-state index contributed by atoms with van der Waals surface area (Å²) in [5, 5.41) is 43.2. The number of aliphatic hydroxyl groups excluding tert-OH is 4. The van der Waals surface area contributed by atoms with Crippen molar-refractivity contribution < 1.29 is 38.7 Å². The van der Waals surface area contributed by atoms with Crippen molar-refractivity contribution >= 4 is 16.0 Å². The van der Waals surface area contributed by atoms with E-state index in [0.29, 0.717) is 38.9 Å². The van der Waals surface area contributed by atoms with E-state index in [1.165, 1.54) is 12.1 Å². The Kier molecular flexibility index (Phi) is 16.2. The van der Waals surface area contributed by atoms with Crippen molar-refractivity contribution in [1.82, 2.24) is 9.21 Å². The number of aliphatic carboxylic acids is 1. The van der Waals surface area contributed by atoms with Gasteiger partial charge in [-0.1, -0.05) is 24.6 Å². The van der Waals surface area contributed by atoms with E-state index in [2.05, 4.69) is 0 Å². The van der Waals surface area contributed by atoms with Crippen molar-refractivity contribution in [3.63, 3.8) is 0 Å². The molecule has 0 aromatic heterocycles. The van der Waals surface area contributed by atoms with E-state index in [1.807, 2.05) is 0 Å². The van der Waals surface area contributed by atoms with E-state index in [-0.39, 0.29) is 37.7 Å². The highest BCUT2D eigenvalue weighted by atomic mass is 32.2. The molecular weight excluding hydrogens is 416 g/mol. The third-order valence-electron chi connectivity index (χ3n) is 4.09. The van der Waals surface area contributed by atoms with Crippen LogP contribution in [-0.2, 0) is 14.8 Å². The van der Waals surface area contributed by atoms with Gasteiger partial charge in [0, 0.05) is 32.6 Å². The van der Waals surface area contributed by atoms with Crippen LogP contribution in [0.2, 0.25) is 0 Å². The Hall–Kier alpha value is -1.60. The minimum atomic E-state index is -3.69. The molecule has 10 nitrogen and oxygen atoms in total. The molecule has 0 amide bonds. The molecule has 0 saturated heterocycles. The summed E-state index contributed by atoms with van der Waals surface area (Å²) in [6.07, 6.45) is 1.69. The van der Waals surface area contributed by atoms with Gasteiger partial charge in [0.1, 0.15) is 6.73 Å². The summed E-state index contributed by atoms with van der Waals surface area (Å²) in [4.78, 5) is 12.3. The Morgan fingerprint density at radius 1 is 0.800 bits per heavy atom. The first-order chi connectivity index (χ1) is 14.3. The molecule has 0 aliphatic heterocycles. The maximum atomic E-state index is 12.2. The zero-order valence-corrected chi connectivity index (χ0v) is 18.0. The third kappa shape index (κ3) is 12.2. The van der Waals surface area contributed by atoms with Crippen molar-refractivity contribution in [2.75, 3.05) is 52.7 Å². The summed E-state index contributed by atoms with van der Waals surface area (Å²) < 4.78 is 25.4. The number of hydrogen-bond donors (Lipinski definition) is 5. The van der Waals surface area contributed by atoms with Crippen LogP contribution in [-0.4, -0.2) is 102 Å². The van der Waals surface area contributed by atoms with Crippen molar-refractivity contribution in [2.45, 2.75) is 30.6 Å². The fourth-order valence-electron chi connectivity index (χ4n) is 2.51. The Labute approximate surface area is 178 Å². The van der Waals surface area contributed by atoms with Gasteiger partial charge in [0.2, 0.25) is 10.0 Å². The number of hydrogen-bond acceptors (Lipinski definition) is 8. The van der Waals surface area contributed by atoms with Crippen LogP contribution < -0.4 is 0 Å². The van der Waals surface area contributed by atoms with Gasteiger partial charge in [-0.2, -0.15) is 4.31 Å². The van der Waals surface area contributed by atoms with Crippen LogP contribution in [0.15, 0.2) is 35.2 Å². The van der Waals surface area contributed by atoms with Gasteiger partial charge in [-0.05, 0) is 25.0 Å². The topological polar surface area (TPSA) is 159 Å². The molecule has 0 aliphatic carbocycles. The number of nitrogens with zero attached hydrogens (tertiary/aromatic N) is 2.